The van der Waals surface area contributed by atoms with Gasteiger partial charge in [-0.1, -0.05) is 249 Å². The van der Waals surface area contributed by atoms with E-state index in [4.69, 9.17) is 18.5 Å². The normalized spacial score (nSPS) is 13.7. The molecule has 0 rings (SSSR count). The second-order valence-electron chi connectivity index (χ2n) is 20.6. The van der Waals surface area contributed by atoms with Crippen LogP contribution in [0.25, 0.3) is 0 Å². The third-order valence-corrected chi connectivity index (χ3v) is 13.6. The third-order valence-electron chi connectivity index (χ3n) is 12.6. The number of unbranched alkanes of at least 4 members (excludes halogenated alkanes) is 31. The molecule has 9 nitrogen and oxygen atoms in total. The van der Waals surface area contributed by atoms with Crippen LogP contribution in [0.15, 0.2) is 48.6 Å². The van der Waals surface area contributed by atoms with E-state index in [2.05, 4.69) is 62.5 Å². The molecule has 0 saturated heterocycles. The molecule has 2 unspecified atom stereocenters. The lowest BCUT2D eigenvalue weighted by Gasteiger charge is -2.28. The van der Waals surface area contributed by atoms with Crippen LogP contribution in [-0.4, -0.2) is 70.0 Å². The molecule has 0 spiro atoms. The molecule has 0 aromatic heterocycles. The Hall–Kier alpha value is -2.03. The highest BCUT2D eigenvalue weighted by Crippen LogP contribution is 2.38. The molecule has 0 aliphatic carbocycles. The maximum atomic E-state index is 12.8. The topological polar surface area (TPSA) is 111 Å². The highest BCUT2D eigenvalue weighted by molar-refractivity contribution is 7.45. The van der Waals surface area contributed by atoms with Gasteiger partial charge in [0.1, 0.15) is 19.8 Å². The van der Waals surface area contributed by atoms with Crippen LogP contribution in [0.4, 0.5) is 0 Å². The van der Waals surface area contributed by atoms with E-state index >= 15 is 0 Å². The molecule has 2 atom stereocenters. The molecule has 10 heteroatoms. The summed E-state index contributed by atoms with van der Waals surface area (Å²) in [6, 6.07) is 0. The van der Waals surface area contributed by atoms with Gasteiger partial charge in [-0.15, -0.1) is 0 Å². The summed E-state index contributed by atoms with van der Waals surface area (Å²) in [5.41, 5.74) is 0. The first kappa shape index (κ1) is 67.0. The van der Waals surface area contributed by atoms with Crippen molar-refractivity contribution in [1.29, 1.82) is 0 Å². The van der Waals surface area contributed by atoms with E-state index < -0.39 is 26.5 Å². The average Bonchev–Trinajstić information content (AvgIpc) is 3.31. The number of ether oxygens (including phenoxy) is 2. The quantitative estimate of drug-likeness (QED) is 0.0195. The standard InChI is InChI=1S/C59H110NO8P/c1-6-8-10-12-14-16-18-20-22-24-26-27-28-29-30-31-32-34-35-37-39-41-43-45-47-49-51-58(61)65-55-57(56-67-69(63,64)66-54-53-60(3,4)5)68-59(62)52-50-48-46-44-42-40-38-36-33-25-23-21-19-17-15-13-11-9-7-2/h9,11,15,17,21,23,33,36,57H,6-8,10,12-14,16,18-20,22,24-32,34-35,37-56H2,1-5H3/b11-9-,17-15-,23-21-,36-33-. The van der Waals surface area contributed by atoms with Gasteiger partial charge in [-0.2, -0.15) is 0 Å². The van der Waals surface area contributed by atoms with Gasteiger partial charge in [0.05, 0.1) is 27.7 Å². The molecule has 404 valence electrons. The van der Waals surface area contributed by atoms with E-state index in [1.165, 1.54) is 148 Å². The number of phosphoric acid groups is 1. The Morgan fingerprint density at radius 1 is 0.464 bits per heavy atom. The Balaban J connectivity index is 4.13. The number of allylic oxidation sites excluding steroid dienone is 8. The zero-order chi connectivity index (χ0) is 50.6. The fourth-order valence-electron chi connectivity index (χ4n) is 8.18. The van der Waals surface area contributed by atoms with Crippen molar-refractivity contribution in [3.8, 4) is 0 Å². The predicted molar refractivity (Wildman–Crippen MR) is 291 cm³/mol. The lowest BCUT2D eigenvalue weighted by molar-refractivity contribution is -0.870. The van der Waals surface area contributed by atoms with Crippen molar-refractivity contribution in [3.05, 3.63) is 48.6 Å². The van der Waals surface area contributed by atoms with E-state index in [1.807, 2.05) is 21.1 Å². The van der Waals surface area contributed by atoms with Gasteiger partial charge in [0, 0.05) is 12.8 Å². The molecule has 0 radical (unpaired) electrons. The lowest BCUT2D eigenvalue weighted by Crippen LogP contribution is -2.37. The minimum absolute atomic E-state index is 0.0339. The zero-order valence-corrected chi connectivity index (χ0v) is 46.7. The van der Waals surface area contributed by atoms with E-state index in [0.29, 0.717) is 17.4 Å². The molecule has 0 saturated carbocycles. The number of phosphoric ester groups is 1. The third kappa shape index (κ3) is 55.1. The highest BCUT2D eigenvalue weighted by atomic mass is 31.2. The summed E-state index contributed by atoms with van der Waals surface area (Å²) in [6.45, 7) is 4.14. The van der Waals surface area contributed by atoms with Crippen LogP contribution in [0.3, 0.4) is 0 Å². The Bertz CT molecular complexity index is 1310. The number of carbonyl (C=O) groups excluding carboxylic acids is 2. The predicted octanol–water partition coefficient (Wildman–Crippen LogP) is 17.1. The molecule has 0 aromatic rings. The minimum atomic E-state index is -4.64. The molecule has 0 aliphatic rings. The monoisotopic (exact) mass is 992 g/mol. The van der Waals surface area contributed by atoms with Crippen LogP contribution in [0.1, 0.15) is 264 Å². The number of hydrogen-bond donors (Lipinski definition) is 0. The summed E-state index contributed by atoms with van der Waals surface area (Å²) in [5.74, 6) is -0.840. The Kier molecular flexibility index (Phi) is 49.4. The summed E-state index contributed by atoms with van der Waals surface area (Å²) in [4.78, 5) is 37.8. The Labute approximate surface area is 426 Å². The smallest absolute Gasteiger partial charge is 0.306 e. The second-order valence-corrected chi connectivity index (χ2v) is 22.0. The fraction of sp³-hybridized carbons (Fsp3) is 0.831. The largest absolute Gasteiger partial charge is 0.756 e. The van der Waals surface area contributed by atoms with Crippen molar-refractivity contribution in [2.45, 2.75) is 270 Å². The molecule has 69 heavy (non-hydrogen) atoms. The van der Waals surface area contributed by atoms with Gasteiger partial charge in [-0.25, -0.2) is 0 Å². The first-order valence-corrected chi connectivity index (χ1v) is 30.3. The first-order valence-electron chi connectivity index (χ1n) is 28.8. The molecule has 0 bridgehead atoms. The van der Waals surface area contributed by atoms with Gasteiger partial charge in [0.15, 0.2) is 6.10 Å². The molecule has 0 fully saturated rings. The summed E-state index contributed by atoms with van der Waals surface area (Å²) in [6.07, 6.45) is 63.0. The van der Waals surface area contributed by atoms with Crippen molar-refractivity contribution in [2.24, 2.45) is 0 Å². The molecule has 0 amide bonds. The molecule has 0 aliphatic heterocycles. The highest BCUT2D eigenvalue weighted by Gasteiger charge is 2.22. The number of esters is 2. The van der Waals surface area contributed by atoms with Crippen molar-refractivity contribution >= 4 is 19.8 Å². The zero-order valence-electron chi connectivity index (χ0n) is 45.8. The van der Waals surface area contributed by atoms with Gasteiger partial charge in [-0.3, -0.25) is 14.2 Å². The maximum Gasteiger partial charge on any atom is 0.306 e. The van der Waals surface area contributed by atoms with Gasteiger partial charge in [0.25, 0.3) is 7.82 Å². The Morgan fingerprint density at radius 2 is 0.826 bits per heavy atom. The van der Waals surface area contributed by atoms with Crippen LogP contribution in [-0.2, 0) is 32.7 Å². The first-order chi connectivity index (χ1) is 33.5. The van der Waals surface area contributed by atoms with Gasteiger partial charge < -0.3 is 27.9 Å². The number of nitrogens with zero attached hydrogens (tertiary/aromatic N) is 1. The second kappa shape index (κ2) is 50.9. The molecule has 0 heterocycles. The van der Waals surface area contributed by atoms with Crippen LogP contribution < -0.4 is 4.89 Å². The van der Waals surface area contributed by atoms with Crippen LogP contribution in [0.2, 0.25) is 0 Å². The van der Waals surface area contributed by atoms with Crippen LogP contribution in [0, 0.1) is 0 Å². The summed E-state index contributed by atoms with van der Waals surface area (Å²) in [7, 11) is 1.16. The number of likely N-dealkylation sites (N-methyl/N-ethyl adjacent to an activating group) is 1. The van der Waals surface area contributed by atoms with Crippen molar-refractivity contribution in [2.75, 3.05) is 47.5 Å². The van der Waals surface area contributed by atoms with Crippen LogP contribution >= 0.6 is 7.82 Å². The average molecular weight is 993 g/mol. The number of quaternary nitrogens is 1. The minimum Gasteiger partial charge on any atom is -0.756 e. The number of rotatable bonds is 53. The fourth-order valence-corrected chi connectivity index (χ4v) is 8.91. The maximum absolute atomic E-state index is 12.8. The lowest BCUT2D eigenvalue weighted by atomic mass is 10.0. The molecule has 0 N–H and O–H groups in total. The van der Waals surface area contributed by atoms with Gasteiger partial charge in [-0.05, 0) is 51.4 Å². The van der Waals surface area contributed by atoms with Gasteiger partial charge in [0.2, 0.25) is 0 Å². The summed E-state index contributed by atoms with van der Waals surface area (Å²) >= 11 is 0. The van der Waals surface area contributed by atoms with Gasteiger partial charge >= 0.3 is 11.9 Å². The number of carbonyl (C=O) groups is 2. The van der Waals surface area contributed by atoms with E-state index in [0.717, 1.165) is 83.5 Å². The number of hydrogen-bond acceptors (Lipinski definition) is 8. The van der Waals surface area contributed by atoms with E-state index in [9.17, 15) is 19.0 Å². The molecule has 0 aromatic carbocycles. The van der Waals surface area contributed by atoms with E-state index in [-0.39, 0.29) is 32.0 Å². The summed E-state index contributed by atoms with van der Waals surface area (Å²) in [5, 5.41) is 0. The van der Waals surface area contributed by atoms with Crippen molar-refractivity contribution in [1.82, 2.24) is 0 Å². The Morgan fingerprint density at radius 3 is 1.23 bits per heavy atom. The van der Waals surface area contributed by atoms with Crippen molar-refractivity contribution < 1.29 is 42.1 Å². The SMILES string of the molecule is CC/C=C\C/C=C\C/C=C\C/C=C\CCCCCCCCC(=O)OC(COC(=O)CCCCCCCCCCCCCCCCCCCCCCCCCCCC)COP(=O)([O-])OCC[N+](C)(C)C. The van der Waals surface area contributed by atoms with Crippen molar-refractivity contribution in [3.63, 3.8) is 0 Å². The molecular formula is C59H110NO8P. The molecular weight excluding hydrogens is 882 g/mol. The summed E-state index contributed by atoms with van der Waals surface area (Å²) < 4.78 is 34.1. The van der Waals surface area contributed by atoms with E-state index in [1.54, 1.807) is 0 Å². The van der Waals surface area contributed by atoms with Crippen LogP contribution in [0.5, 0.6) is 0 Å².